The highest BCUT2D eigenvalue weighted by Crippen LogP contribution is 2.40. The monoisotopic (exact) mass is 247 g/mol. The number of hydrogen-bond acceptors (Lipinski definition) is 5. The molecule has 1 fully saturated rings. The van der Waals surface area contributed by atoms with Crippen LogP contribution >= 0.6 is 0 Å². The summed E-state index contributed by atoms with van der Waals surface area (Å²) in [6, 6.07) is 0. The van der Waals surface area contributed by atoms with Crippen LogP contribution in [-0.4, -0.2) is 21.0 Å². The van der Waals surface area contributed by atoms with Gasteiger partial charge in [-0.15, -0.1) is 0 Å². The second-order valence-corrected chi connectivity index (χ2v) is 4.56. The molecule has 0 unspecified atom stereocenters. The summed E-state index contributed by atoms with van der Waals surface area (Å²) in [5.74, 6) is -0.103. The van der Waals surface area contributed by atoms with Crippen LogP contribution in [0.4, 0.5) is 5.82 Å². The largest absolute Gasteiger partial charge is 0.475 e. The molecule has 1 saturated carbocycles. The van der Waals surface area contributed by atoms with E-state index in [0.29, 0.717) is 16.7 Å². The van der Waals surface area contributed by atoms with E-state index < -0.39 is 5.97 Å². The zero-order valence-electron chi connectivity index (χ0n) is 9.72. The van der Waals surface area contributed by atoms with Gasteiger partial charge in [-0.25, -0.2) is 14.8 Å². The van der Waals surface area contributed by atoms with Crippen LogP contribution < -0.4 is 5.73 Å². The number of fused-ring (bicyclic) bond motifs is 1. The van der Waals surface area contributed by atoms with Gasteiger partial charge in [-0.2, -0.15) is 0 Å². The molecule has 2 aromatic heterocycles. The predicted molar refractivity (Wildman–Crippen MR) is 64.4 cm³/mol. The summed E-state index contributed by atoms with van der Waals surface area (Å²) >= 11 is 0. The highest BCUT2D eigenvalue weighted by atomic mass is 16.4. The summed E-state index contributed by atoms with van der Waals surface area (Å²) in [6.07, 6.45) is 5.51. The zero-order chi connectivity index (χ0) is 12.7. The van der Waals surface area contributed by atoms with Gasteiger partial charge in [-0.3, -0.25) is 0 Å². The van der Waals surface area contributed by atoms with Gasteiger partial charge in [-0.1, -0.05) is 12.8 Å². The van der Waals surface area contributed by atoms with Crippen molar-refractivity contribution >= 4 is 22.7 Å². The van der Waals surface area contributed by atoms with E-state index >= 15 is 0 Å². The standard InChI is InChI=1S/C12H13N3O3/c13-11-7-8(14-5-15-11)10(12(16)17)18-9(7)6-3-1-2-4-6/h5-6H,1-4H2,(H,16,17)(H2,13,14,15). The molecule has 2 aromatic rings. The molecular weight excluding hydrogens is 234 g/mol. The van der Waals surface area contributed by atoms with E-state index in [1.54, 1.807) is 0 Å². The molecule has 0 aliphatic heterocycles. The number of rotatable bonds is 2. The fourth-order valence-electron chi connectivity index (χ4n) is 2.64. The lowest BCUT2D eigenvalue weighted by Crippen LogP contribution is -1.97. The molecule has 1 aliphatic carbocycles. The Bertz CT molecular complexity index is 614. The molecule has 18 heavy (non-hydrogen) atoms. The smallest absolute Gasteiger partial charge is 0.374 e. The number of nitrogens with zero attached hydrogens (tertiary/aromatic N) is 2. The van der Waals surface area contributed by atoms with Crippen LogP contribution in [0.1, 0.15) is 47.9 Å². The summed E-state index contributed by atoms with van der Waals surface area (Å²) in [4.78, 5) is 19.1. The first-order valence-corrected chi connectivity index (χ1v) is 5.94. The van der Waals surface area contributed by atoms with Gasteiger partial charge in [0.05, 0.1) is 5.39 Å². The molecule has 6 heteroatoms. The summed E-state index contributed by atoms with van der Waals surface area (Å²) in [5, 5.41) is 9.71. The zero-order valence-corrected chi connectivity index (χ0v) is 9.72. The van der Waals surface area contributed by atoms with Crippen LogP contribution in [0.5, 0.6) is 0 Å². The molecule has 0 bridgehead atoms. The lowest BCUT2D eigenvalue weighted by Gasteiger charge is -2.05. The summed E-state index contributed by atoms with van der Waals surface area (Å²) in [6.45, 7) is 0. The van der Waals surface area contributed by atoms with E-state index in [4.69, 9.17) is 15.3 Å². The Balaban J connectivity index is 2.27. The van der Waals surface area contributed by atoms with Crippen molar-refractivity contribution in [3.05, 3.63) is 17.8 Å². The molecule has 1 aliphatic rings. The number of anilines is 1. The number of carboxylic acids is 1. The van der Waals surface area contributed by atoms with Crippen molar-refractivity contribution in [1.82, 2.24) is 9.97 Å². The van der Waals surface area contributed by atoms with Crippen LogP contribution in [0, 0.1) is 0 Å². The summed E-state index contributed by atoms with van der Waals surface area (Å²) < 4.78 is 5.51. The van der Waals surface area contributed by atoms with Crippen LogP contribution in [0.15, 0.2) is 10.7 Å². The third kappa shape index (κ3) is 1.53. The SMILES string of the molecule is Nc1ncnc2c(C(=O)O)oc(C3CCCC3)c12. The maximum absolute atomic E-state index is 11.2. The Kier molecular flexibility index (Phi) is 2.43. The van der Waals surface area contributed by atoms with Crippen molar-refractivity contribution in [1.29, 1.82) is 0 Å². The number of carbonyl (C=O) groups is 1. The van der Waals surface area contributed by atoms with Crippen LogP contribution in [-0.2, 0) is 0 Å². The van der Waals surface area contributed by atoms with Crippen LogP contribution in [0.25, 0.3) is 10.9 Å². The molecule has 0 atom stereocenters. The van der Waals surface area contributed by atoms with Gasteiger partial charge < -0.3 is 15.3 Å². The molecule has 94 valence electrons. The molecule has 0 saturated heterocycles. The molecule has 3 rings (SSSR count). The first kappa shape index (κ1) is 11.0. The van der Waals surface area contributed by atoms with Crippen molar-refractivity contribution in [3.63, 3.8) is 0 Å². The number of nitrogen functional groups attached to an aromatic ring is 1. The van der Waals surface area contributed by atoms with Crippen LogP contribution in [0.2, 0.25) is 0 Å². The number of aromatic carboxylic acids is 1. The van der Waals surface area contributed by atoms with Crippen molar-refractivity contribution in [3.8, 4) is 0 Å². The quantitative estimate of drug-likeness (QED) is 0.843. The minimum absolute atomic E-state index is 0.138. The van der Waals surface area contributed by atoms with E-state index in [1.165, 1.54) is 6.33 Å². The minimum Gasteiger partial charge on any atom is -0.475 e. The van der Waals surface area contributed by atoms with E-state index in [-0.39, 0.29) is 17.5 Å². The molecule has 2 heterocycles. The second kappa shape index (κ2) is 3.97. The van der Waals surface area contributed by atoms with Gasteiger partial charge >= 0.3 is 5.97 Å². The Morgan fingerprint density at radius 1 is 1.39 bits per heavy atom. The van der Waals surface area contributed by atoms with Crippen LogP contribution in [0.3, 0.4) is 0 Å². The lowest BCUT2D eigenvalue weighted by atomic mass is 10.0. The first-order chi connectivity index (χ1) is 8.68. The van der Waals surface area contributed by atoms with Gasteiger partial charge in [0.25, 0.3) is 0 Å². The molecule has 0 radical (unpaired) electrons. The molecule has 0 spiro atoms. The summed E-state index contributed by atoms with van der Waals surface area (Å²) in [5.41, 5.74) is 6.14. The number of furan rings is 1. The fourth-order valence-corrected chi connectivity index (χ4v) is 2.64. The second-order valence-electron chi connectivity index (χ2n) is 4.56. The lowest BCUT2D eigenvalue weighted by molar-refractivity contribution is 0.0662. The molecular formula is C12H13N3O3. The highest BCUT2D eigenvalue weighted by Gasteiger charge is 2.28. The van der Waals surface area contributed by atoms with E-state index in [9.17, 15) is 4.79 Å². The Hall–Kier alpha value is -2.11. The molecule has 0 amide bonds. The minimum atomic E-state index is -1.12. The van der Waals surface area contributed by atoms with Gasteiger partial charge in [0.15, 0.2) is 0 Å². The van der Waals surface area contributed by atoms with Gasteiger partial charge in [0.2, 0.25) is 5.76 Å². The van der Waals surface area contributed by atoms with Crippen molar-refractivity contribution in [2.24, 2.45) is 0 Å². The fraction of sp³-hybridized carbons (Fsp3) is 0.417. The predicted octanol–water partition coefficient (Wildman–Crippen LogP) is 2.16. The first-order valence-electron chi connectivity index (χ1n) is 5.94. The number of hydrogen-bond donors (Lipinski definition) is 2. The Labute approximate surface area is 103 Å². The maximum Gasteiger partial charge on any atom is 0.374 e. The van der Waals surface area contributed by atoms with Crippen molar-refractivity contribution in [2.75, 3.05) is 5.73 Å². The van der Waals surface area contributed by atoms with Gasteiger partial charge in [-0.05, 0) is 12.8 Å². The molecule has 0 aromatic carbocycles. The number of aromatic nitrogens is 2. The summed E-state index contributed by atoms with van der Waals surface area (Å²) in [7, 11) is 0. The van der Waals surface area contributed by atoms with Gasteiger partial charge in [0.1, 0.15) is 23.4 Å². The van der Waals surface area contributed by atoms with Crippen molar-refractivity contribution < 1.29 is 14.3 Å². The van der Waals surface area contributed by atoms with E-state index in [0.717, 1.165) is 25.7 Å². The molecule has 6 nitrogen and oxygen atoms in total. The normalized spacial score (nSPS) is 16.4. The third-order valence-corrected chi connectivity index (χ3v) is 3.47. The van der Waals surface area contributed by atoms with Gasteiger partial charge in [0, 0.05) is 5.92 Å². The number of nitrogens with two attached hydrogens (primary N) is 1. The Morgan fingerprint density at radius 3 is 2.78 bits per heavy atom. The average molecular weight is 247 g/mol. The topological polar surface area (TPSA) is 102 Å². The van der Waals surface area contributed by atoms with E-state index in [2.05, 4.69) is 9.97 Å². The highest BCUT2D eigenvalue weighted by molar-refractivity contribution is 6.03. The van der Waals surface area contributed by atoms with E-state index in [1.807, 2.05) is 0 Å². The third-order valence-electron chi connectivity index (χ3n) is 3.47. The Morgan fingerprint density at radius 2 is 2.11 bits per heavy atom. The van der Waals surface area contributed by atoms with Crippen molar-refractivity contribution in [2.45, 2.75) is 31.6 Å². The maximum atomic E-state index is 11.2. The molecule has 3 N–H and O–H groups in total. The number of carboxylic acid groups (broad SMARTS) is 1. The average Bonchev–Trinajstić information content (AvgIpc) is 2.95.